The molecule has 21 heavy (non-hydrogen) atoms. The van der Waals surface area contributed by atoms with Gasteiger partial charge in [-0.25, -0.2) is 4.68 Å². The number of aromatic nitrogens is 2. The number of likely N-dealkylation sites (N-methyl/N-ethyl adjacent to an activating group) is 1. The summed E-state index contributed by atoms with van der Waals surface area (Å²) in [5, 5.41) is 4.44. The fraction of sp³-hybridized carbons (Fsp3) is 0.500. The molecule has 1 unspecified atom stereocenters. The van der Waals surface area contributed by atoms with Gasteiger partial charge in [0, 0.05) is 25.0 Å². The van der Waals surface area contributed by atoms with E-state index in [-0.39, 0.29) is 6.04 Å². The normalized spacial score (nSPS) is 12.9. The molecule has 2 aromatic heterocycles. The maximum absolute atomic E-state index is 6.01. The number of thiophene rings is 1. The molecule has 0 aliphatic heterocycles. The van der Waals surface area contributed by atoms with Crippen LogP contribution in [0.3, 0.4) is 0 Å². The number of ether oxygens (including phenoxy) is 1. The second kappa shape index (κ2) is 6.79. The first kappa shape index (κ1) is 16.3. The van der Waals surface area contributed by atoms with E-state index in [1.165, 1.54) is 4.88 Å². The van der Waals surface area contributed by atoms with Crippen molar-refractivity contribution < 1.29 is 4.74 Å². The summed E-state index contributed by atoms with van der Waals surface area (Å²) in [6.45, 7) is 3.27. The Labute approximate surface area is 134 Å². The number of hydrogen-bond acceptors (Lipinski definition) is 5. The highest BCUT2D eigenvalue weighted by molar-refractivity contribution is 7.16. The Kier molecular flexibility index (Phi) is 5.27. The molecule has 0 saturated carbocycles. The predicted octanol–water partition coefficient (Wildman–Crippen LogP) is 2.58. The predicted molar refractivity (Wildman–Crippen MR) is 87.1 cm³/mol. The number of nitrogens with two attached hydrogens (primary N) is 1. The standard InChI is InChI=1S/C14H21ClN4OS/c1-9-13(14(20-4)19(3)17-9)11(7-16)18(2)8-10-5-6-12(15)21-10/h5-6,11H,7-8,16H2,1-4H3. The number of methoxy groups -OCH3 is 1. The van der Waals surface area contributed by atoms with E-state index < -0.39 is 0 Å². The summed E-state index contributed by atoms with van der Waals surface area (Å²) in [5.41, 5.74) is 8.00. The summed E-state index contributed by atoms with van der Waals surface area (Å²) >= 11 is 7.58. The van der Waals surface area contributed by atoms with Gasteiger partial charge in [-0.2, -0.15) is 5.10 Å². The van der Waals surface area contributed by atoms with Gasteiger partial charge in [0.2, 0.25) is 5.88 Å². The van der Waals surface area contributed by atoms with Crippen LogP contribution < -0.4 is 10.5 Å². The lowest BCUT2D eigenvalue weighted by Gasteiger charge is -2.27. The Morgan fingerprint density at radius 1 is 1.52 bits per heavy atom. The molecule has 1 atom stereocenters. The van der Waals surface area contributed by atoms with Gasteiger partial charge in [-0.1, -0.05) is 11.6 Å². The van der Waals surface area contributed by atoms with E-state index in [1.54, 1.807) is 23.1 Å². The topological polar surface area (TPSA) is 56.3 Å². The minimum Gasteiger partial charge on any atom is -0.481 e. The van der Waals surface area contributed by atoms with E-state index in [2.05, 4.69) is 17.0 Å². The molecule has 5 nitrogen and oxygen atoms in total. The fourth-order valence-electron chi connectivity index (χ4n) is 2.59. The van der Waals surface area contributed by atoms with Crippen molar-refractivity contribution in [1.82, 2.24) is 14.7 Å². The Bertz CT molecular complexity index is 610. The zero-order valence-corrected chi connectivity index (χ0v) is 14.3. The van der Waals surface area contributed by atoms with Gasteiger partial charge in [-0.15, -0.1) is 11.3 Å². The molecule has 0 aliphatic carbocycles. The van der Waals surface area contributed by atoms with Gasteiger partial charge in [0.1, 0.15) is 0 Å². The van der Waals surface area contributed by atoms with Gasteiger partial charge in [0.05, 0.1) is 28.7 Å². The molecule has 0 saturated heterocycles. The SMILES string of the molecule is COc1c(C(CN)N(C)Cc2ccc(Cl)s2)c(C)nn1C. The van der Waals surface area contributed by atoms with Gasteiger partial charge in [-0.05, 0) is 26.1 Å². The third kappa shape index (κ3) is 3.40. The Morgan fingerprint density at radius 2 is 2.24 bits per heavy atom. The van der Waals surface area contributed by atoms with Crippen molar-refractivity contribution in [3.8, 4) is 5.88 Å². The van der Waals surface area contributed by atoms with Crippen LogP contribution in [-0.2, 0) is 13.6 Å². The van der Waals surface area contributed by atoms with E-state index in [0.29, 0.717) is 6.54 Å². The van der Waals surface area contributed by atoms with Crippen LogP contribution in [0.5, 0.6) is 5.88 Å². The van der Waals surface area contributed by atoms with Crippen LogP contribution >= 0.6 is 22.9 Å². The number of aryl methyl sites for hydroxylation is 2. The van der Waals surface area contributed by atoms with Crippen molar-refractivity contribution in [2.75, 3.05) is 20.7 Å². The minimum absolute atomic E-state index is 0.0505. The molecular weight excluding hydrogens is 308 g/mol. The maximum atomic E-state index is 6.01. The van der Waals surface area contributed by atoms with Gasteiger partial charge in [0.25, 0.3) is 0 Å². The lowest BCUT2D eigenvalue weighted by atomic mass is 10.1. The highest BCUT2D eigenvalue weighted by Gasteiger charge is 2.25. The summed E-state index contributed by atoms with van der Waals surface area (Å²) in [6, 6.07) is 4.02. The largest absolute Gasteiger partial charge is 0.481 e. The average molecular weight is 329 g/mol. The number of hydrogen-bond donors (Lipinski definition) is 1. The molecule has 0 amide bonds. The van der Waals surface area contributed by atoms with E-state index in [1.807, 2.05) is 26.1 Å². The summed E-state index contributed by atoms with van der Waals surface area (Å²) in [4.78, 5) is 3.41. The number of nitrogens with zero attached hydrogens (tertiary/aromatic N) is 3. The molecule has 0 aromatic carbocycles. The monoisotopic (exact) mass is 328 g/mol. The van der Waals surface area contributed by atoms with E-state index >= 15 is 0 Å². The smallest absolute Gasteiger partial charge is 0.216 e. The van der Waals surface area contributed by atoms with Gasteiger partial charge < -0.3 is 10.5 Å². The second-order valence-corrected chi connectivity index (χ2v) is 6.80. The molecule has 0 radical (unpaired) electrons. The molecular formula is C14H21ClN4OS. The Morgan fingerprint density at radius 3 is 2.76 bits per heavy atom. The molecule has 2 rings (SSSR count). The second-order valence-electron chi connectivity index (χ2n) is 5.00. The van der Waals surface area contributed by atoms with Crippen molar-refractivity contribution in [2.24, 2.45) is 12.8 Å². The highest BCUT2D eigenvalue weighted by atomic mass is 35.5. The summed E-state index contributed by atoms with van der Waals surface area (Å²) < 4.78 is 8.04. The zero-order chi connectivity index (χ0) is 15.6. The zero-order valence-electron chi connectivity index (χ0n) is 12.8. The van der Waals surface area contributed by atoms with E-state index in [0.717, 1.165) is 28.0 Å². The molecule has 0 fully saturated rings. The van der Waals surface area contributed by atoms with Crippen LogP contribution in [0.25, 0.3) is 0 Å². The molecule has 0 spiro atoms. The first-order chi connectivity index (χ1) is 9.97. The summed E-state index contributed by atoms with van der Waals surface area (Å²) in [6.07, 6.45) is 0. The molecule has 2 heterocycles. The van der Waals surface area contributed by atoms with Gasteiger partial charge in [-0.3, -0.25) is 4.90 Å². The van der Waals surface area contributed by atoms with Crippen molar-refractivity contribution in [2.45, 2.75) is 19.5 Å². The first-order valence-corrected chi connectivity index (χ1v) is 7.89. The van der Waals surface area contributed by atoms with Crippen molar-refractivity contribution in [3.63, 3.8) is 0 Å². The van der Waals surface area contributed by atoms with Crippen molar-refractivity contribution in [1.29, 1.82) is 0 Å². The maximum Gasteiger partial charge on any atom is 0.216 e. The van der Waals surface area contributed by atoms with E-state index in [4.69, 9.17) is 22.1 Å². The average Bonchev–Trinajstić information content (AvgIpc) is 2.95. The Balaban J connectivity index is 2.26. The number of halogens is 1. The van der Waals surface area contributed by atoms with Gasteiger partial charge >= 0.3 is 0 Å². The molecule has 0 aliphatic rings. The van der Waals surface area contributed by atoms with Crippen LogP contribution in [0, 0.1) is 6.92 Å². The number of rotatable bonds is 6. The van der Waals surface area contributed by atoms with Crippen LogP contribution in [0.1, 0.15) is 22.2 Å². The van der Waals surface area contributed by atoms with Crippen LogP contribution in [0.15, 0.2) is 12.1 Å². The van der Waals surface area contributed by atoms with Gasteiger partial charge in [0.15, 0.2) is 0 Å². The lowest BCUT2D eigenvalue weighted by Crippen LogP contribution is -2.30. The third-order valence-electron chi connectivity index (χ3n) is 3.53. The van der Waals surface area contributed by atoms with Crippen molar-refractivity contribution in [3.05, 3.63) is 32.6 Å². The van der Waals surface area contributed by atoms with E-state index in [9.17, 15) is 0 Å². The first-order valence-electron chi connectivity index (χ1n) is 6.70. The quantitative estimate of drug-likeness (QED) is 0.885. The van der Waals surface area contributed by atoms with Crippen LogP contribution in [0.4, 0.5) is 0 Å². The summed E-state index contributed by atoms with van der Waals surface area (Å²) in [5.74, 6) is 0.763. The lowest BCUT2D eigenvalue weighted by molar-refractivity contribution is 0.236. The molecule has 2 aromatic rings. The van der Waals surface area contributed by atoms with Crippen molar-refractivity contribution >= 4 is 22.9 Å². The van der Waals surface area contributed by atoms with Crippen LogP contribution in [-0.4, -0.2) is 35.4 Å². The minimum atomic E-state index is 0.0505. The van der Waals surface area contributed by atoms with Crippen LogP contribution in [0.2, 0.25) is 4.34 Å². The highest BCUT2D eigenvalue weighted by Crippen LogP contribution is 2.32. The third-order valence-corrected chi connectivity index (χ3v) is 4.75. The molecule has 0 bridgehead atoms. The summed E-state index contributed by atoms with van der Waals surface area (Å²) in [7, 11) is 5.59. The molecule has 7 heteroatoms. The molecule has 116 valence electrons. The Hall–Kier alpha value is -1.08. The fourth-order valence-corrected chi connectivity index (χ4v) is 3.74. The molecule has 2 N–H and O–H groups in total.